The molecule has 0 saturated carbocycles. The van der Waals surface area contributed by atoms with Crippen LogP contribution < -0.4 is 14.4 Å². The van der Waals surface area contributed by atoms with Crippen molar-refractivity contribution in [3.8, 4) is 11.5 Å². The molecule has 1 atom stereocenters. The molecule has 33 heavy (non-hydrogen) atoms. The highest BCUT2D eigenvalue weighted by atomic mass is 16.5. The molecule has 1 N–H and O–H groups in total. The molecule has 1 fully saturated rings. The molecule has 0 spiro atoms. The molecule has 0 bridgehead atoms. The van der Waals surface area contributed by atoms with Crippen LogP contribution in [-0.4, -0.2) is 35.7 Å². The second kappa shape index (κ2) is 9.20. The summed E-state index contributed by atoms with van der Waals surface area (Å²) in [5.74, 6) is 0.0721. The zero-order valence-electron chi connectivity index (χ0n) is 18.6. The van der Waals surface area contributed by atoms with Crippen LogP contribution in [0.3, 0.4) is 0 Å². The molecule has 8 nitrogen and oxygen atoms in total. The minimum Gasteiger partial charge on any atom is -0.507 e. The number of aromatic nitrogens is 1. The van der Waals surface area contributed by atoms with E-state index in [-0.39, 0.29) is 17.2 Å². The highest BCUT2D eigenvalue weighted by molar-refractivity contribution is 6.51. The van der Waals surface area contributed by atoms with E-state index in [0.29, 0.717) is 35.0 Å². The van der Waals surface area contributed by atoms with Crippen LogP contribution in [0.15, 0.2) is 64.7 Å². The first-order chi connectivity index (χ1) is 15.9. The van der Waals surface area contributed by atoms with Crippen LogP contribution in [0.1, 0.15) is 36.3 Å². The van der Waals surface area contributed by atoms with E-state index in [9.17, 15) is 14.7 Å². The van der Waals surface area contributed by atoms with Gasteiger partial charge in [-0.2, -0.15) is 0 Å². The van der Waals surface area contributed by atoms with Crippen LogP contribution in [0.2, 0.25) is 0 Å². The first-order valence-corrected chi connectivity index (χ1v) is 10.6. The smallest absolute Gasteiger partial charge is 0.301 e. The fraction of sp³-hybridized carbons (Fsp3) is 0.240. The van der Waals surface area contributed by atoms with Crippen molar-refractivity contribution in [1.29, 1.82) is 0 Å². The van der Waals surface area contributed by atoms with E-state index >= 15 is 0 Å². The molecule has 3 aromatic rings. The summed E-state index contributed by atoms with van der Waals surface area (Å²) in [6.45, 7) is 4.28. The van der Waals surface area contributed by atoms with Gasteiger partial charge >= 0.3 is 5.91 Å². The van der Waals surface area contributed by atoms with Crippen molar-refractivity contribution in [1.82, 2.24) is 5.16 Å². The van der Waals surface area contributed by atoms with Crippen LogP contribution >= 0.6 is 0 Å². The van der Waals surface area contributed by atoms with Crippen LogP contribution in [0.25, 0.3) is 5.76 Å². The van der Waals surface area contributed by atoms with E-state index in [4.69, 9.17) is 14.0 Å². The van der Waals surface area contributed by atoms with Crippen molar-refractivity contribution in [3.63, 3.8) is 0 Å². The molecular weight excluding hydrogens is 424 g/mol. The van der Waals surface area contributed by atoms with Gasteiger partial charge in [0.2, 0.25) is 0 Å². The van der Waals surface area contributed by atoms with Crippen LogP contribution in [0.5, 0.6) is 11.5 Å². The Labute approximate surface area is 191 Å². The van der Waals surface area contributed by atoms with E-state index in [1.807, 2.05) is 6.92 Å². The van der Waals surface area contributed by atoms with Gasteiger partial charge in [0.15, 0.2) is 5.82 Å². The van der Waals surface area contributed by atoms with Gasteiger partial charge in [-0.3, -0.25) is 14.5 Å². The SMILES string of the molecule is CCCOc1ccc(/C(O)=C2\C(=O)C(=O)N(c3cc(C)on3)[C@@H]2c2ccc(OC)cc2)cc1. The summed E-state index contributed by atoms with van der Waals surface area (Å²) in [4.78, 5) is 27.4. The van der Waals surface area contributed by atoms with E-state index in [0.717, 1.165) is 6.42 Å². The molecule has 1 aliphatic heterocycles. The average molecular weight is 448 g/mol. The number of rotatable bonds is 7. The highest BCUT2D eigenvalue weighted by Crippen LogP contribution is 2.42. The fourth-order valence-corrected chi connectivity index (χ4v) is 3.72. The molecule has 0 radical (unpaired) electrons. The van der Waals surface area contributed by atoms with Gasteiger partial charge in [0.05, 0.1) is 25.3 Å². The van der Waals surface area contributed by atoms with E-state index < -0.39 is 17.7 Å². The Hall–Kier alpha value is -4.07. The largest absolute Gasteiger partial charge is 0.507 e. The molecule has 0 aliphatic carbocycles. The molecule has 1 aliphatic rings. The molecule has 1 aromatic heterocycles. The summed E-state index contributed by atoms with van der Waals surface area (Å²) in [7, 11) is 1.55. The Bertz CT molecular complexity index is 1190. The van der Waals surface area contributed by atoms with Crippen molar-refractivity contribution in [2.75, 3.05) is 18.6 Å². The zero-order valence-corrected chi connectivity index (χ0v) is 18.6. The van der Waals surface area contributed by atoms with Crippen molar-refractivity contribution < 1.29 is 28.7 Å². The topological polar surface area (TPSA) is 102 Å². The number of benzene rings is 2. The number of carbonyl (C=O) groups is 2. The number of ether oxygens (including phenoxy) is 2. The second-order valence-corrected chi connectivity index (χ2v) is 7.61. The van der Waals surface area contributed by atoms with Gasteiger partial charge in [-0.25, -0.2) is 0 Å². The molecule has 1 amide bonds. The molecule has 170 valence electrons. The maximum Gasteiger partial charge on any atom is 0.301 e. The minimum atomic E-state index is -0.892. The highest BCUT2D eigenvalue weighted by Gasteiger charge is 2.48. The van der Waals surface area contributed by atoms with Crippen LogP contribution in [0, 0.1) is 6.92 Å². The number of methoxy groups -OCH3 is 1. The summed E-state index contributed by atoms with van der Waals surface area (Å²) >= 11 is 0. The number of hydrogen-bond acceptors (Lipinski definition) is 7. The number of amides is 1. The molecule has 4 rings (SSSR count). The average Bonchev–Trinajstić information content (AvgIpc) is 3.38. The van der Waals surface area contributed by atoms with E-state index in [1.54, 1.807) is 68.6 Å². The van der Waals surface area contributed by atoms with E-state index in [2.05, 4.69) is 5.16 Å². The Kier molecular flexibility index (Phi) is 6.17. The normalized spacial score (nSPS) is 17.4. The summed E-state index contributed by atoms with van der Waals surface area (Å²) in [5.41, 5.74) is 0.972. The van der Waals surface area contributed by atoms with Gasteiger partial charge in [-0.05, 0) is 55.3 Å². The summed E-state index contributed by atoms with van der Waals surface area (Å²) in [6.07, 6.45) is 0.870. The van der Waals surface area contributed by atoms with Crippen LogP contribution in [0.4, 0.5) is 5.82 Å². The van der Waals surface area contributed by atoms with Gasteiger partial charge < -0.3 is 19.1 Å². The summed E-state index contributed by atoms with van der Waals surface area (Å²) in [6, 6.07) is 14.3. The third kappa shape index (κ3) is 4.19. The number of aliphatic hydroxyl groups excluding tert-OH is 1. The minimum absolute atomic E-state index is 0.0342. The molecule has 1 saturated heterocycles. The third-order valence-electron chi connectivity index (χ3n) is 5.34. The first-order valence-electron chi connectivity index (χ1n) is 10.6. The van der Waals surface area contributed by atoms with Gasteiger partial charge in [-0.1, -0.05) is 24.2 Å². The Morgan fingerprint density at radius 1 is 1.09 bits per heavy atom. The predicted octanol–water partition coefficient (Wildman–Crippen LogP) is 4.41. The quantitative estimate of drug-likeness (QED) is 0.325. The first kappa shape index (κ1) is 22.1. The molecule has 0 unspecified atom stereocenters. The summed E-state index contributed by atoms with van der Waals surface area (Å²) in [5, 5.41) is 15.1. The Morgan fingerprint density at radius 3 is 2.33 bits per heavy atom. The summed E-state index contributed by atoms with van der Waals surface area (Å²) < 4.78 is 15.9. The number of nitrogens with zero attached hydrogens (tertiary/aromatic N) is 2. The van der Waals surface area contributed by atoms with Gasteiger partial charge in [0.1, 0.15) is 23.0 Å². The molecule has 2 heterocycles. The number of Topliss-reactive ketones (excluding diaryl/α,β-unsaturated/α-hetero) is 1. The lowest BCUT2D eigenvalue weighted by Crippen LogP contribution is -2.29. The van der Waals surface area contributed by atoms with E-state index in [1.165, 1.54) is 4.90 Å². The monoisotopic (exact) mass is 448 g/mol. The number of ketones is 1. The number of carbonyl (C=O) groups excluding carboxylic acids is 2. The lowest BCUT2D eigenvalue weighted by atomic mass is 9.95. The lowest BCUT2D eigenvalue weighted by Gasteiger charge is -2.23. The number of aliphatic hydroxyl groups is 1. The van der Waals surface area contributed by atoms with Gasteiger partial charge in [0, 0.05) is 11.6 Å². The predicted molar refractivity (Wildman–Crippen MR) is 121 cm³/mol. The Balaban J connectivity index is 1.83. The fourth-order valence-electron chi connectivity index (χ4n) is 3.72. The van der Waals surface area contributed by atoms with Gasteiger partial charge in [0.25, 0.3) is 5.78 Å². The maximum atomic E-state index is 13.1. The van der Waals surface area contributed by atoms with Crippen molar-refractivity contribution in [2.24, 2.45) is 0 Å². The number of anilines is 1. The number of aryl methyl sites for hydroxylation is 1. The van der Waals surface area contributed by atoms with Crippen molar-refractivity contribution >= 4 is 23.3 Å². The molecule has 8 heteroatoms. The number of hydrogen-bond donors (Lipinski definition) is 1. The maximum absolute atomic E-state index is 13.1. The lowest BCUT2D eigenvalue weighted by molar-refractivity contribution is -0.132. The van der Waals surface area contributed by atoms with Crippen molar-refractivity contribution in [3.05, 3.63) is 77.1 Å². The molecular formula is C25H24N2O6. The van der Waals surface area contributed by atoms with Crippen LogP contribution in [-0.2, 0) is 9.59 Å². The third-order valence-corrected chi connectivity index (χ3v) is 5.34. The van der Waals surface area contributed by atoms with Crippen molar-refractivity contribution in [2.45, 2.75) is 26.3 Å². The zero-order chi connectivity index (χ0) is 23.5. The second-order valence-electron chi connectivity index (χ2n) is 7.61. The van der Waals surface area contributed by atoms with Gasteiger partial charge in [-0.15, -0.1) is 0 Å². The Morgan fingerprint density at radius 2 is 1.76 bits per heavy atom. The molecule has 2 aromatic carbocycles. The standard InChI is InChI=1S/C25H24N2O6/c1-4-13-32-19-11-7-17(8-12-19)23(28)21-22(16-5-9-18(31-3)10-6-16)27(25(30)24(21)29)20-14-15(2)33-26-20/h5-12,14,22,28H,4,13H2,1-3H3/b23-21+/t22-/m1/s1.